The summed E-state index contributed by atoms with van der Waals surface area (Å²) in [6, 6.07) is 6.74. The molecular formula is C14H17FN2S. The van der Waals surface area contributed by atoms with Gasteiger partial charge in [0.05, 0.1) is 5.69 Å². The largest absolute Gasteiger partial charge is 0.310 e. The summed E-state index contributed by atoms with van der Waals surface area (Å²) >= 11 is 1.56. The van der Waals surface area contributed by atoms with E-state index >= 15 is 0 Å². The predicted octanol–water partition coefficient (Wildman–Crippen LogP) is 3.69. The molecule has 0 radical (unpaired) electrons. The maximum atomic E-state index is 13.6. The number of benzene rings is 1. The lowest BCUT2D eigenvalue weighted by atomic mass is 10.2. The molecule has 0 spiro atoms. The molecule has 0 atom stereocenters. The second kappa shape index (κ2) is 6.07. The van der Waals surface area contributed by atoms with E-state index in [0.717, 1.165) is 23.8 Å². The first-order valence-corrected chi connectivity index (χ1v) is 6.95. The molecule has 18 heavy (non-hydrogen) atoms. The van der Waals surface area contributed by atoms with E-state index in [-0.39, 0.29) is 5.82 Å². The number of halogens is 1. The molecule has 2 rings (SSSR count). The van der Waals surface area contributed by atoms with Crippen LogP contribution in [0.4, 0.5) is 4.39 Å². The van der Waals surface area contributed by atoms with Gasteiger partial charge in [-0.3, -0.25) is 0 Å². The molecule has 4 heteroatoms. The van der Waals surface area contributed by atoms with Gasteiger partial charge in [0.15, 0.2) is 0 Å². The summed E-state index contributed by atoms with van der Waals surface area (Å²) in [5.74, 6) is 0.403. The number of nitrogens with one attached hydrogen (secondary N) is 1. The Bertz CT molecular complexity index is 508. The molecule has 0 unspecified atom stereocenters. The van der Waals surface area contributed by atoms with Crippen molar-refractivity contribution in [2.24, 2.45) is 5.92 Å². The van der Waals surface area contributed by atoms with E-state index in [2.05, 4.69) is 24.1 Å². The van der Waals surface area contributed by atoms with Crippen molar-refractivity contribution in [3.05, 3.63) is 40.5 Å². The predicted molar refractivity (Wildman–Crippen MR) is 74.1 cm³/mol. The Kier molecular flexibility index (Phi) is 4.44. The average Bonchev–Trinajstić information content (AvgIpc) is 2.78. The van der Waals surface area contributed by atoms with Gasteiger partial charge in [-0.25, -0.2) is 9.37 Å². The lowest BCUT2D eigenvalue weighted by Gasteiger charge is -2.04. The van der Waals surface area contributed by atoms with Gasteiger partial charge in [-0.1, -0.05) is 26.0 Å². The van der Waals surface area contributed by atoms with Crippen molar-refractivity contribution in [2.45, 2.75) is 20.4 Å². The standard InChI is InChI=1S/C14H17FN2S/c1-10(2)7-16-8-14-17-13(9-18-14)11-5-3-4-6-12(11)15/h3-6,9-10,16H,7-8H2,1-2H3. The number of hydrogen-bond donors (Lipinski definition) is 1. The van der Waals surface area contributed by atoms with Crippen molar-refractivity contribution in [1.82, 2.24) is 10.3 Å². The van der Waals surface area contributed by atoms with Crippen molar-refractivity contribution < 1.29 is 4.39 Å². The Morgan fingerprint density at radius 1 is 1.33 bits per heavy atom. The maximum absolute atomic E-state index is 13.6. The van der Waals surface area contributed by atoms with Gasteiger partial charge in [-0.05, 0) is 24.6 Å². The van der Waals surface area contributed by atoms with Crippen LogP contribution in [-0.4, -0.2) is 11.5 Å². The summed E-state index contributed by atoms with van der Waals surface area (Å²) < 4.78 is 13.6. The SMILES string of the molecule is CC(C)CNCc1nc(-c2ccccc2F)cs1. The van der Waals surface area contributed by atoms with Crippen molar-refractivity contribution in [3.8, 4) is 11.3 Å². The minimum Gasteiger partial charge on any atom is -0.310 e. The van der Waals surface area contributed by atoms with Crippen molar-refractivity contribution in [2.75, 3.05) is 6.54 Å². The smallest absolute Gasteiger partial charge is 0.132 e. The van der Waals surface area contributed by atoms with Gasteiger partial charge in [0, 0.05) is 17.5 Å². The first-order valence-electron chi connectivity index (χ1n) is 6.07. The third-order valence-corrected chi connectivity index (χ3v) is 3.38. The van der Waals surface area contributed by atoms with E-state index in [1.165, 1.54) is 6.07 Å². The van der Waals surface area contributed by atoms with Gasteiger partial charge < -0.3 is 5.32 Å². The van der Waals surface area contributed by atoms with E-state index < -0.39 is 0 Å². The topological polar surface area (TPSA) is 24.9 Å². The second-order valence-corrected chi connectivity index (χ2v) is 5.57. The molecule has 2 aromatic rings. The van der Waals surface area contributed by atoms with Gasteiger partial charge >= 0.3 is 0 Å². The summed E-state index contributed by atoms with van der Waals surface area (Å²) in [7, 11) is 0. The molecule has 0 bridgehead atoms. The van der Waals surface area contributed by atoms with Crippen LogP contribution in [0, 0.1) is 11.7 Å². The third kappa shape index (κ3) is 3.37. The Balaban J connectivity index is 2.04. The zero-order chi connectivity index (χ0) is 13.0. The zero-order valence-electron chi connectivity index (χ0n) is 10.6. The van der Waals surface area contributed by atoms with E-state index in [1.807, 2.05) is 11.4 Å². The van der Waals surface area contributed by atoms with Crippen LogP contribution in [0.15, 0.2) is 29.6 Å². The number of hydrogen-bond acceptors (Lipinski definition) is 3. The van der Waals surface area contributed by atoms with E-state index in [0.29, 0.717) is 11.5 Å². The molecule has 0 saturated heterocycles. The minimum atomic E-state index is -0.218. The first kappa shape index (κ1) is 13.2. The van der Waals surface area contributed by atoms with Crippen LogP contribution in [0.5, 0.6) is 0 Å². The highest BCUT2D eigenvalue weighted by Gasteiger charge is 2.08. The van der Waals surface area contributed by atoms with Crippen LogP contribution in [0.3, 0.4) is 0 Å². The van der Waals surface area contributed by atoms with Gasteiger partial charge in [0.2, 0.25) is 0 Å². The lowest BCUT2D eigenvalue weighted by molar-refractivity contribution is 0.551. The molecule has 0 fully saturated rings. The molecule has 0 aliphatic heterocycles. The summed E-state index contributed by atoms with van der Waals surface area (Å²) in [4.78, 5) is 4.45. The van der Waals surface area contributed by atoms with E-state index in [1.54, 1.807) is 23.5 Å². The van der Waals surface area contributed by atoms with E-state index in [4.69, 9.17) is 0 Å². The van der Waals surface area contributed by atoms with Gasteiger partial charge in [0.1, 0.15) is 10.8 Å². The molecule has 96 valence electrons. The van der Waals surface area contributed by atoms with Crippen LogP contribution in [0.2, 0.25) is 0 Å². The molecule has 0 aliphatic carbocycles. The summed E-state index contributed by atoms with van der Waals surface area (Å²) in [5.41, 5.74) is 1.29. The molecule has 1 aromatic heterocycles. The molecule has 0 amide bonds. The van der Waals surface area contributed by atoms with Crippen LogP contribution in [0.25, 0.3) is 11.3 Å². The number of rotatable bonds is 5. The third-order valence-electron chi connectivity index (χ3n) is 2.53. The highest BCUT2D eigenvalue weighted by Crippen LogP contribution is 2.24. The molecule has 2 nitrogen and oxygen atoms in total. The number of thiazole rings is 1. The van der Waals surface area contributed by atoms with Crippen LogP contribution in [-0.2, 0) is 6.54 Å². The van der Waals surface area contributed by atoms with Gasteiger partial charge in [-0.15, -0.1) is 11.3 Å². The van der Waals surface area contributed by atoms with Crippen LogP contribution in [0.1, 0.15) is 18.9 Å². The van der Waals surface area contributed by atoms with Crippen LogP contribution < -0.4 is 5.32 Å². The highest BCUT2D eigenvalue weighted by atomic mass is 32.1. The fourth-order valence-corrected chi connectivity index (χ4v) is 2.42. The first-order chi connectivity index (χ1) is 8.66. The molecular weight excluding hydrogens is 247 g/mol. The Morgan fingerprint density at radius 3 is 2.83 bits per heavy atom. The number of nitrogens with zero attached hydrogens (tertiary/aromatic N) is 1. The van der Waals surface area contributed by atoms with Crippen molar-refractivity contribution >= 4 is 11.3 Å². The normalized spacial score (nSPS) is 11.1. The Morgan fingerprint density at radius 2 is 2.11 bits per heavy atom. The highest BCUT2D eigenvalue weighted by molar-refractivity contribution is 7.09. The lowest BCUT2D eigenvalue weighted by Crippen LogP contribution is -2.18. The fraction of sp³-hybridized carbons (Fsp3) is 0.357. The molecule has 1 N–H and O–H groups in total. The summed E-state index contributed by atoms with van der Waals surface area (Å²) in [5, 5.41) is 6.24. The fourth-order valence-electron chi connectivity index (χ4n) is 1.65. The molecule has 1 aromatic carbocycles. The zero-order valence-corrected chi connectivity index (χ0v) is 11.4. The molecule has 0 aliphatic rings. The Hall–Kier alpha value is -1.26. The second-order valence-electron chi connectivity index (χ2n) is 4.63. The minimum absolute atomic E-state index is 0.218. The van der Waals surface area contributed by atoms with E-state index in [9.17, 15) is 4.39 Å². The maximum Gasteiger partial charge on any atom is 0.132 e. The summed E-state index contributed by atoms with van der Waals surface area (Å²) in [6.45, 7) is 6.05. The van der Waals surface area contributed by atoms with Gasteiger partial charge in [0.25, 0.3) is 0 Å². The number of aromatic nitrogens is 1. The van der Waals surface area contributed by atoms with Gasteiger partial charge in [-0.2, -0.15) is 0 Å². The molecule has 1 heterocycles. The average molecular weight is 264 g/mol. The monoisotopic (exact) mass is 264 g/mol. The van der Waals surface area contributed by atoms with Crippen LogP contribution >= 0.6 is 11.3 Å². The van der Waals surface area contributed by atoms with Crippen molar-refractivity contribution in [1.29, 1.82) is 0 Å². The quantitative estimate of drug-likeness (QED) is 0.890. The Labute approximate surface area is 111 Å². The summed E-state index contributed by atoms with van der Waals surface area (Å²) in [6.07, 6.45) is 0. The molecule has 0 saturated carbocycles. The van der Waals surface area contributed by atoms with Crippen molar-refractivity contribution in [3.63, 3.8) is 0 Å².